The third-order valence-electron chi connectivity index (χ3n) is 2.77. The lowest BCUT2D eigenvalue weighted by Gasteiger charge is -2.28. The van der Waals surface area contributed by atoms with Gasteiger partial charge in [-0.3, -0.25) is 0 Å². The minimum atomic E-state index is -1.81. The molecule has 0 N–H and O–H groups in total. The zero-order chi connectivity index (χ0) is 15.0. The molecule has 10 heteroatoms. The molecule has 0 aliphatic carbocycles. The van der Waals surface area contributed by atoms with Crippen molar-refractivity contribution in [2.24, 2.45) is 0 Å². The topological polar surface area (TPSA) is 41.9 Å². The van der Waals surface area contributed by atoms with Crippen molar-refractivity contribution in [2.75, 3.05) is 18.0 Å². The highest BCUT2D eigenvalue weighted by atomic mass is 35.6. The summed E-state index contributed by atoms with van der Waals surface area (Å²) in [5, 5.41) is 0. The van der Waals surface area contributed by atoms with Crippen LogP contribution < -0.4 is 4.90 Å². The molecule has 2 rings (SSSR count). The minimum Gasteiger partial charge on any atom is -0.341 e. The fourth-order valence-electron chi connectivity index (χ4n) is 1.85. The van der Waals surface area contributed by atoms with E-state index in [4.69, 9.17) is 69.6 Å². The zero-order valence-electron chi connectivity index (χ0n) is 10.1. The Hall–Kier alpha value is 0.550. The summed E-state index contributed by atoms with van der Waals surface area (Å²) in [6.07, 6.45) is 3.24. The smallest absolute Gasteiger partial charge is 0.250 e. The second-order valence-corrected chi connectivity index (χ2v) is 8.89. The van der Waals surface area contributed by atoms with Gasteiger partial charge in [-0.15, -0.1) is 0 Å². The maximum absolute atomic E-state index is 5.82. The molecule has 0 bridgehead atoms. The molecular weight excluding hydrogens is 389 g/mol. The van der Waals surface area contributed by atoms with Crippen molar-refractivity contribution >= 4 is 75.6 Å². The van der Waals surface area contributed by atoms with Gasteiger partial charge in [0.15, 0.2) is 11.6 Å². The van der Waals surface area contributed by atoms with Gasteiger partial charge in [-0.25, -0.2) is 4.98 Å². The maximum atomic E-state index is 5.82. The molecule has 4 nitrogen and oxygen atoms in total. The average molecular weight is 399 g/mol. The molecule has 0 atom stereocenters. The monoisotopic (exact) mass is 396 g/mol. The number of hydrogen-bond acceptors (Lipinski definition) is 4. The van der Waals surface area contributed by atoms with E-state index in [-0.39, 0.29) is 11.6 Å². The van der Waals surface area contributed by atoms with E-state index in [0.29, 0.717) is 5.95 Å². The summed E-state index contributed by atoms with van der Waals surface area (Å²) >= 11 is 34.9. The number of halogens is 6. The molecule has 0 aromatic carbocycles. The van der Waals surface area contributed by atoms with Crippen LogP contribution in [0.5, 0.6) is 0 Å². The predicted octanol–water partition coefficient (Wildman–Crippen LogP) is 4.52. The lowest BCUT2D eigenvalue weighted by molar-refractivity contribution is 0.564. The average Bonchev–Trinajstić information content (AvgIpc) is 2.37. The van der Waals surface area contributed by atoms with Gasteiger partial charge in [-0.1, -0.05) is 69.6 Å². The molecule has 0 unspecified atom stereocenters. The second-order valence-electron chi connectivity index (χ2n) is 4.33. The summed E-state index contributed by atoms with van der Waals surface area (Å²) in [5.41, 5.74) is 0. The van der Waals surface area contributed by atoms with Crippen LogP contribution in [-0.2, 0) is 7.59 Å². The number of nitrogens with zero attached hydrogens (tertiary/aromatic N) is 4. The fraction of sp³-hybridized carbons (Fsp3) is 0.700. The lowest BCUT2D eigenvalue weighted by Crippen LogP contribution is -2.32. The van der Waals surface area contributed by atoms with Crippen LogP contribution in [0.2, 0.25) is 0 Å². The first-order valence-electron chi connectivity index (χ1n) is 5.83. The predicted molar refractivity (Wildman–Crippen MR) is 84.4 cm³/mol. The molecule has 1 saturated heterocycles. The van der Waals surface area contributed by atoms with Crippen LogP contribution in [0, 0.1) is 0 Å². The van der Waals surface area contributed by atoms with Crippen LogP contribution in [0.3, 0.4) is 0 Å². The van der Waals surface area contributed by atoms with Gasteiger partial charge in [0.2, 0.25) is 13.5 Å². The van der Waals surface area contributed by atoms with E-state index >= 15 is 0 Å². The van der Waals surface area contributed by atoms with Gasteiger partial charge in [0.1, 0.15) is 0 Å². The van der Waals surface area contributed by atoms with Crippen LogP contribution >= 0.6 is 69.6 Å². The Bertz CT molecular complexity index is 445. The van der Waals surface area contributed by atoms with Gasteiger partial charge in [-0.2, -0.15) is 9.97 Å². The van der Waals surface area contributed by atoms with Crippen molar-refractivity contribution in [3.05, 3.63) is 11.6 Å². The maximum Gasteiger partial charge on any atom is 0.250 e. The first-order valence-corrected chi connectivity index (χ1v) is 8.10. The summed E-state index contributed by atoms with van der Waals surface area (Å²) in [6.45, 7) is 1.62. The highest BCUT2D eigenvalue weighted by molar-refractivity contribution is 6.67. The summed E-state index contributed by atoms with van der Waals surface area (Å²) in [7, 11) is 0. The molecule has 0 radical (unpaired) electrons. The fourth-order valence-corrected chi connectivity index (χ4v) is 2.36. The summed E-state index contributed by atoms with van der Waals surface area (Å²) < 4.78 is -3.61. The van der Waals surface area contributed by atoms with Crippen molar-refractivity contribution in [3.63, 3.8) is 0 Å². The summed E-state index contributed by atoms with van der Waals surface area (Å²) in [4.78, 5) is 14.2. The van der Waals surface area contributed by atoms with Crippen LogP contribution in [-0.4, -0.2) is 28.0 Å². The number of piperidine rings is 1. The zero-order valence-corrected chi connectivity index (χ0v) is 14.6. The number of rotatable bonds is 1. The molecule has 1 fully saturated rings. The highest BCUT2D eigenvalue weighted by Crippen LogP contribution is 2.40. The van der Waals surface area contributed by atoms with Crippen molar-refractivity contribution in [3.8, 4) is 0 Å². The van der Waals surface area contributed by atoms with Crippen LogP contribution in [0.15, 0.2) is 0 Å². The van der Waals surface area contributed by atoms with E-state index < -0.39 is 7.59 Å². The summed E-state index contributed by atoms with van der Waals surface area (Å²) in [6, 6.07) is 0. The number of anilines is 1. The third-order valence-corrected chi connectivity index (χ3v) is 3.78. The third kappa shape index (κ3) is 4.28. The quantitative estimate of drug-likeness (QED) is 0.652. The molecule has 0 saturated carbocycles. The van der Waals surface area contributed by atoms with Gasteiger partial charge >= 0.3 is 0 Å². The molecule has 1 aromatic heterocycles. The molecule has 0 spiro atoms. The van der Waals surface area contributed by atoms with Crippen molar-refractivity contribution in [1.82, 2.24) is 15.0 Å². The standard InChI is InChI=1S/C10H10Cl6N4/c11-9(12,13)6-17-7(10(14,15)16)19-8(18-6)20-4-2-1-3-5-20/h1-5H2. The van der Waals surface area contributed by atoms with Crippen molar-refractivity contribution in [1.29, 1.82) is 0 Å². The van der Waals surface area contributed by atoms with E-state index in [1.165, 1.54) is 0 Å². The number of hydrogen-bond donors (Lipinski definition) is 0. The highest BCUT2D eigenvalue weighted by Gasteiger charge is 2.34. The molecular formula is C10H10Cl6N4. The van der Waals surface area contributed by atoms with Gasteiger partial charge in [0, 0.05) is 13.1 Å². The lowest BCUT2D eigenvalue weighted by atomic mass is 10.1. The Kier molecular flexibility index (Phi) is 5.37. The van der Waals surface area contributed by atoms with Crippen molar-refractivity contribution in [2.45, 2.75) is 26.8 Å². The molecule has 112 valence electrons. The Balaban J connectivity index is 2.45. The summed E-state index contributed by atoms with van der Waals surface area (Å²) in [5.74, 6) is 0.251. The van der Waals surface area contributed by atoms with E-state index in [2.05, 4.69) is 15.0 Å². The van der Waals surface area contributed by atoms with E-state index in [1.54, 1.807) is 0 Å². The normalized spacial score (nSPS) is 17.4. The minimum absolute atomic E-state index is 0.0561. The molecule has 0 amide bonds. The van der Waals surface area contributed by atoms with E-state index in [0.717, 1.165) is 32.4 Å². The van der Waals surface area contributed by atoms with Gasteiger partial charge in [0.05, 0.1) is 0 Å². The molecule has 1 aromatic rings. The Morgan fingerprint density at radius 3 is 1.55 bits per heavy atom. The second kappa shape index (κ2) is 6.35. The van der Waals surface area contributed by atoms with E-state index in [1.807, 2.05) is 4.90 Å². The van der Waals surface area contributed by atoms with Gasteiger partial charge in [0.25, 0.3) is 0 Å². The first kappa shape index (κ1) is 16.9. The van der Waals surface area contributed by atoms with Crippen LogP contribution in [0.25, 0.3) is 0 Å². The molecule has 2 heterocycles. The van der Waals surface area contributed by atoms with Crippen molar-refractivity contribution < 1.29 is 0 Å². The molecule has 1 aliphatic heterocycles. The SMILES string of the molecule is ClC(Cl)(Cl)c1nc(N2CCCCC2)nc(C(Cl)(Cl)Cl)n1. The Labute approximate surface area is 146 Å². The van der Waals surface area contributed by atoms with Gasteiger partial charge < -0.3 is 4.90 Å². The molecule has 1 aliphatic rings. The van der Waals surface area contributed by atoms with Crippen LogP contribution in [0.4, 0.5) is 5.95 Å². The largest absolute Gasteiger partial charge is 0.341 e. The number of alkyl halides is 6. The van der Waals surface area contributed by atoms with Gasteiger partial charge in [-0.05, 0) is 19.3 Å². The van der Waals surface area contributed by atoms with E-state index in [9.17, 15) is 0 Å². The van der Waals surface area contributed by atoms with Crippen LogP contribution in [0.1, 0.15) is 30.9 Å². The Morgan fingerprint density at radius 1 is 0.700 bits per heavy atom. The molecule has 20 heavy (non-hydrogen) atoms. The Morgan fingerprint density at radius 2 is 1.15 bits per heavy atom. The number of aromatic nitrogens is 3. The first-order chi connectivity index (χ1) is 9.18.